The normalized spacial score (nSPS) is 11.7. The second kappa shape index (κ2) is 9.71. The summed E-state index contributed by atoms with van der Waals surface area (Å²) in [6.07, 6.45) is 0. The Balaban J connectivity index is 1.86. The van der Waals surface area contributed by atoms with Crippen LogP contribution in [0.3, 0.4) is 0 Å². The first-order valence-corrected chi connectivity index (χ1v) is 8.91. The van der Waals surface area contributed by atoms with Crippen molar-refractivity contribution in [3.8, 4) is 5.75 Å². The lowest BCUT2D eigenvalue weighted by Gasteiger charge is -2.22. The fraction of sp³-hybridized carbons (Fsp3) is 0.333. The van der Waals surface area contributed by atoms with Gasteiger partial charge in [-0.2, -0.15) is 0 Å². The van der Waals surface area contributed by atoms with Crippen molar-refractivity contribution in [2.75, 3.05) is 13.2 Å². The van der Waals surface area contributed by atoms with Crippen LogP contribution < -0.4 is 15.4 Å². The molecule has 0 aromatic heterocycles. The molecule has 0 saturated carbocycles. The zero-order valence-electron chi connectivity index (χ0n) is 15.8. The van der Waals surface area contributed by atoms with E-state index in [-0.39, 0.29) is 17.4 Å². The molecule has 2 aromatic rings. The number of carbonyl (C=O) groups excluding carboxylic acids is 2. The number of carbonyl (C=O) groups is 2. The van der Waals surface area contributed by atoms with Gasteiger partial charge in [0.25, 0.3) is 5.91 Å². The number of hydrogen-bond donors (Lipinski definition) is 2. The third-order valence-electron chi connectivity index (χ3n) is 4.05. The van der Waals surface area contributed by atoms with Crippen LogP contribution in [0.1, 0.15) is 29.8 Å². The number of rotatable bonds is 8. The molecule has 144 valence electrons. The Labute approximate surface area is 158 Å². The summed E-state index contributed by atoms with van der Waals surface area (Å²) in [4.78, 5) is 24.7. The van der Waals surface area contributed by atoms with Gasteiger partial charge in [-0.1, -0.05) is 43.7 Å². The summed E-state index contributed by atoms with van der Waals surface area (Å²) < 4.78 is 19.3. The molecule has 0 radical (unpaired) electrons. The Bertz CT molecular complexity index is 775. The minimum atomic E-state index is -0.767. The SMILES string of the molecule is Cc1ccc(OCCNC(=O)C(NC(=O)c2ccccc2F)C(C)C)cc1. The second-order valence-corrected chi connectivity index (χ2v) is 6.63. The number of amides is 2. The maximum Gasteiger partial charge on any atom is 0.254 e. The van der Waals surface area contributed by atoms with Crippen LogP contribution in [-0.4, -0.2) is 31.0 Å². The second-order valence-electron chi connectivity index (χ2n) is 6.63. The van der Waals surface area contributed by atoms with Crippen LogP contribution in [0.25, 0.3) is 0 Å². The molecule has 2 aromatic carbocycles. The summed E-state index contributed by atoms with van der Waals surface area (Å²) in [7, 11) is 0. The average molecular weight is 372 g/mol. The number of nitrogens with one attached hydrogen (secondary N) is 2. The standard InChI is InChI=1S/C21H25FN2O3/c1-14(2)19(24-20(25)17-6-4-5-7-18(17)22)21(26)23-12-13-27-16-10-8-15(3)9-11-16/h4-11,14,19H,12-13H2,1-3H3,(H,23,26)(H,24,25). The Morgan fingerprint density at radius 2 is 1.74 bits per heavy atom. The summed E-state index contributed by atoms with van der Waals surface area (Å²) in [6, 6.07) is 12.5. The summed E-state index contributed by atoms with van der Waals surface area (Å²) in [5, 5.41) is 5.35. The highest BCUT2D eigenvalue weighted by Crippen LogP contribution is 2.11. The van der Waals surface area contributed by atoms with Crippen molar-refractivity contribution in [3.63, 3.8) is 0 Å². The molecular weight excluding hydrogens is 347 g/mol. The van der Waals surface area contributed by atoms with E-state index in [1.807, 2.05) is 45.0 Å². The number of halogens is 1. The highest BCUT2D eigenvalue weighted by Gasteiger charge is 2.25. The molecule has 5 nitrogen and oxygen atoms in total. The van der Waals surface area contributed by atoms with Gasteiger partial charge in [0, 0.05) is 0 Å². The van der Waals surface area contributed by atoms with Gasteiger partial charge in [0.1, 0.15) is 24.2 Å². The highest BCUT2D eigenvalue weighted by atomic mass is 19.1. The van der Waals surface area contributed by atoms with E-state index in [0.717, 1.165) is 11.3 Å². The van der Waals surface area contributed by atoms with Crippen LogP contribution in [0.4, 0.5) is 4.39 Å². The Kier molecular flexibility index (Phi) is 7.34. The Morgan fingerprint density at radius 3 is 2.37 bits per heavy atom. The lowest BCUT2D eigenvalue weighted by atomic mass is 10.0. The lowest BCUT2D eigenvalue weighted by Crippen LogP contribution is -2.50. The number of benzene rings is 2. The maximum atomic E-state index is 13.7. The molecule has 0 fully saturated rings. The van der Waals surface area contributed by atoms with Crippen LogP contribution in [0, 0.1) is 18.7 Å². The largest absolute Gasteiger partial charge is 0.492 e. The molecule has 0 saturated heterocycles. The van der Waals surface area contributed by atoms with E-state index >= 15 is 0 Å². The quantitative estimate of drug-likeness (QED) is 0.700. The predicted octanol–water partition coefficient (Wildman–Crippen LogP) is 3.08. The van der Waals surface area contributed by atoms with E-state index in [4.69, 9.17) is 4.74 Å². The molecule has 0 bridgehead atoms. The van der Waals surface area contributed by atoms with Crippen molar-refractivity contribution in [2.45, 2.75) is 26.8 Å². The van der Waals surface area contributed by atoms with Gasteiger partial charge in [-0.25, -0.2) is 4.39 Å². The number of ether oxygens (including phenoxy) is 1. The van der Waals surface area contributed by atoms with Crippen LogP contribution in [0.2, 0.25) is 0 Å². The maximum absolute atomic E-state index is 13.7. The van der Waals surface area contributed by atoms with Gasteiger partial charge in [0.15, 0.2) is 0 Å². The van der Waals surface area contributed by atoms with E-state index < -0.39 is 17.8 Å². The summed E-state index contributed by atoms with van der Waals surface area (Å²) >= 11 is 0. The molecular formula is C21H25FN2O3. The van der Waals surface area contributed by atoms with Gasteiger partial charge >= 0.3 is 0 Å². The molecule has 6 heteroatoms. The third-order valence-corrected chi connectivity index (χ3v) is 4.05. The first-order chi connectivity index (χ1) is 12.9. The molecule has 0 heterocycles. The zero-order valence-corrected chi connectivity index (χ0v) is 15.8. The van der Waals surface area contributed by atoms with E-state index in [1.165, 1.54) is 18.2 Å². The molecule has 2 N–H and O–H groups in total. The fourth-order valence-corrected chi connectivity index (χ4v) is 2.49. The van der Waals surface area contributed by atoms with Crippen molar-refractivity contribution in [2.24, 2.45) is 5.92 Å². The van der Waals surface area contributed by atoms with Crippen molar-refractivity contribution >= 4 is 11.8 Å². The molecule has 0 spiro atoms. The third kappa shape index (κ3) is 6.09. The van der Waals surface area contributed by atoms with E-state index in [2.05, 4.69) is 10.6 Å². The molecule has 0 aliphatic carbocycles. The van der Waals surface area contributed by atoms with Crippen LogP contribution in [-0.2, 0) is 4.79 Å². The van der Waals surface area contributed by atoms with Crippen molar-refractivity contribution in [1.29, 1.82) is 0 Å². The predicted molar refractivity (Wildman–Crippen MR) is 102 cm³/mol. The summed E-state index contributed by atoms with van der Waals surface area (Å²) in [5.41, 5.74) is 1.06. The monoisotopic (exact) mass is 372 g/mol. The van der Waals surface area contributed by atoms with Crippen LogP contribution >= 0.6 is 0 Å². The first kappa shape index (κ1) is 20.4. The molecule has 2 rings (SSSR count). The van der Waals surface area contributed by atoms with Gasteiger partial charge < -0.3 is 15.4 Å². The molecule has 27 heavy (non-hydrogen) atoms. The Hall–Kier alpha value is -2.89. The van der Waals surface area contributed by atoms with E-state index in [9.17, 15) is 14.0 Å². The minimum Gasteiger partial charge on any atom is -0.492 e. The fourth-order valence-electron chi connectivity index (χ4n) is 2.49. The van der Waals surface area contributed by atoms with Gasteiger partial charge in [-0.05, 0) is 37.1 Å². The lowest BCUT2D eigenvalue weighted by molar-refractivity contribution is -0.124. The summed E-state index contributed by atoms with van der Waals surface area (Å²) in [6.45, 7) is 6.22. The number of aryl methyl sites for hydroxylation is 1. The minimum absolute atomic E-state index is 0.0846. The highest BCUT2D eigenvalue weighted by molar-refractivity contribution is 5.97. The first-order valence-electron chi connectivity index (χ1n) is 8.91. The van der Waals surface area contributed by atoms with E-state index in [0.29, 0.717) is 13.2 Å². The summed E-state index contributed by atoms with van der Waals surface area (Å²) in [5.74, 6) is -0.994. The smallest absolute Gasteiger partial charge is 0.254 e. The van der Waals surface area contributed by atoms with Crippen LogP contribution in [0.15, 0.2) is 48.5 Å². The molecule has 1 atom stereocenters. The average Bonchev–Trinajstić information content (AvgIpc) is 2.64. The molecule has 0 aliphatic heterocycles. The molecule has 2 amide bonds. The van der Waals surface area contributed by atoms with E-state index in [1.54, 1.807) is 6.07 Å². The van der Waals surface area contributed by atoms with Crippen molar-refractivity contribution < 1.29 is 18.7 Å². The van der Waals surface area contributed by atoms with Gasteiger partial charge in [0.05, 0.1) is 12.1 Å². The zero-order chi connectivity index (χ0) is 19.8. The number of hydrogen-bond acceptors (Lipinski definition) is 3. The molecule has 0 aliphatic rings. The van der Waals surface area contributed by atoms with Crippen LogP contribution in [0.5, 0.6) is 5.75 Å². The van der Waals surface area contributed by atoms with Gasteiger partial charge in [0.2, 0.25) is 5.91 Å². The van der Waals surface area contributed by atoms with Crippen molar-refractivity contribution in [3.05, 3.63) is 65.5 Å². The molecule has 1 unspecified atom stereocenters. The Morgan fingerprint density at radius 1 is 1.07 bits per heavy atom. The topological polar surface area (TPSA) is 67.4 Å². The van der Waals surface area contributed by atoms with Crippen molar-refractivity contribution in [1.82, 2.24) is 10.6 Å². The van der Waals surface area contributed by atoms with Gasteiger partial charge in [-0.15, -0.1) is 0 Å². The van der Waals surface area contributed by atoms with Gasteiger partial charge in [-0.3, -0.25) is 9.59 Å².